The first kappa shape index (κ1) is 14.4. The largest absolute Gasteiger partial charge is 0.480 e. The number of hydrogen-bond acceptors (Lipinski definition) is 2. The van der Waals surface area contributed by atoms with Crippen LogP contribution in [0.1, 0.15) is 19.4 Å². The van der Waals surface area contributed by atoms with Gasteiger partial charge in [-0.05, 0) is 41.9 Å². The number of carbonyl (C=O) groups is 1. The maximum absolute atomic E-state index is 13.6. The number of aliphatic carboxylic acids is 1. The first-order chi connectivity index (χ1) is 7.75. The molecule has 1 N–H and O–H groups in total. The molecule has 0 aliphatic carbocycles. The van der Waals surface area contributed by atoms with Crippen LogP contribution >= 0.6 is 27.7 Å². The molecule has 0 bridgehead atoms. The van der Waals surface area contributed by atoms with E-state index in [0.29, 0.717) is 0 Å². The maximum atomic E-state index is 13.6. The van der Waals surface area contributed by atoms with Gasteiger partial charge in [0.2, 0.25) is 0 Å². The summed E-state index contributed by atoms with van der Waals surface area (Å²) in [5.41, 5.74) is -0.112. The standard InChI is InChI=1S/C11H11BrF2O2S/c1-11(2,10(15)16)17-5-6-8(13)4-3-7(12)9(6)14/h3-4H,5H2,1-2H3,(H,15,16). The molecule has 0 saturated carbocycles. The molecule has 2 nitrogen and oxygen atoms in total. The fraction of sp³-hybridized carbons (Fsp3) is 0.364. The van der Waals surface area contributed by atoms with Gasteiger partial charge in [0, 0.05) is 11.3 Å². The van der Waals surface area contributed by atoms with E-state index in [1.807, 2.05) is 0 Å². The molecule has 0 fully saturated rings. The first-order valence-corrected chi connectivity index (χ1v) is 6.53. The van der Waals surface area contributed by atoms with Crippen molar-refractivity contribution in [1.82, 2.24) is 0 Å². The number of carboxylic acid groups (broad SMARTS) is 1. The van der Waals surface area contributed by atoms with Crippen LogP contribution in [0, 0.1) is 11.6 Å². The molecule has 6 heteroatoms. The fourth-order valence-electron chi connectivity index (χ4n) is 1.02. The topological polar surface area (TPSA) is 37.3 Å². The van der Waals surface area contributed by atoms with E-state index in [-0.39, 0.29) is 15.8 Å². The van der Waals surface area contributed by atoms with Crippen LogP contribution < -0.4 is 0 Å². The molecular formula is C11H11BrF2O2S. The van der Waals surface area contributed by atoms with Crippen LogP contribution in [0.2, 0.25) is 0 Å². The lowest BCUT2D eigenvalue weighted by atomic mass is 10.2. The third kappa shape index (κ3) is 3.42. The highest BCUT2D eigenvalue weighted by Crippen LogP contribution is 2.31. The van der Waals surface area contributed by atoms with Crippen molar-refractivity contribution in [2.45, 2.75) is 24.3 Å². The molecule has 94 valence electrons. The molecule has 0 aliphatic rings. The number of carboxylic acids is 1. The van der Waals surface area contributed by atoms with Crippen LogP contribution in [0.5, 0.6) is 0 Å². The Morgan fingerprint density at radius 3 is 2.59 bits per heavy atom. The van der Waals surface area contributed by atoms with E-state index in [2.05, 4.69) is 15.9 Å². The van der Waals surface area contributed by atoms with Crippen molar-refractivity contribution in [2.24, 2.45) is 0 Å². The molecule has 0 amide bonds. The molecule has 1 aromatic carbocycles. The highest BCUT2D eigenvalue weighted by atomic mass is 79.9. The summed E-state index contributed by atoms with van der Waals surface area (Å²) in [5, 5.41) is 8.89. The fourth-order valence-corrected chi connectivity index (χ4v) is 2.28. The summed E-state index contributed by atoms with van der Waals surface area (Å²) in [4.78, 5) is 10.9. The molecule has 0 radical (unpaired) electrons. The van der Waals surface area contributed by atoms with Gasteiger partial charge in [-0.15, -0.1) is 11.8 Å². The van der Waals surface area contributed by atoms with Gasteiger partial charge in [-0.2, -0.15) is 0 Å². The second-order valence-corrected chi connectivity index (χ2v) is 6.38. The predicted octanol–water partition coefficient (Wildman–Crippen LogP) is 3.82. The summed E-state index contributed by atoms with van der Waals surface area (Å²) in [6.07, 6.45) is 0. The number of benzene rings is 1. The molecule has 0 spiro atoms. The quantitative estimate of drug-likeness (QED) is 0.855. The Balaban J connectivity index is 2.90. The lowest BCUT2D eigenvalue weighted by Crippen LogP contribution is -2.27. The van der Waals surface area contributed by atoms with Crippen molar-refractivity contribution in [3.05, 3.63) is 33.8 Å². The van der Waals surface area contributed by atoms with Gasteiger partial charge >= 0.3 is 5.97 Å². The summed E-state index contributed by atoms with van der Waals surface area (Å²) in [5.74, 6) is -2.40. The van der Waals surface area contributed by atoms with E-state index in [4.69, 9.17) is 5.11 Å². The van der Waals surface area contributed by atoms with Crippen LogP contribution in [0.3, 0.4) is 0 Å². The van der Waals surface area contributed by atoms with Crippen molar-refractivity contribution in [3.8, 4) is 0 Å². The highest BCUT2D eigenvalue weighted by molar-refractivity contribution is 9.10. The Bertz CT molecular complexity index is 449. The zero-order chi connectivity index (χ0) is 13.2. The van der Waals surface area contributed by atoms with Crippen molar-refractivity contribution in [2.75, 3.05) is 0 Å². The van der Waals surface area contributed by atoms with E-state index in [1.165, 1.54) is 19.9 Å². The SMILES string of the molecule is CC(C)(SCc1c(F)ccc(Br)c1F)C(=O)O. The minimum Gasteiger partial charge on any atom is -0.480 e. The molecular weight excluding hydrogens is 314 g/mol. The van der Waals surface area contributed by atoms with Gasteiger partial charge in [0.25, 0.3) is 0 Å². The van der Waals surface area contributed by atoms with Gasteiger partial charge in [-0.25, -0.2) is 8.78 Å². The Labute approximate surface area is 111 Å². The number of halogens is 3. The Morgan fingerprint density at radius 1 is 1.47 bits per heavy atom. The van der Waals surface area contributed by atoms with E-state index in [0.717, 1.165) is 17.8 Å². The summed E-state index contributed by atoms with van der Waals surface area (Å²) in [7, 11) is 0. The second kappa shape index (κ2) is 5.35. The van der Waals surface area contributed by atoms with Gasteiger partial charge in [0.1, 0.15) is 16.4 Å². The number of hydrogen-bond donors (Lipinski definition) is 1. The normalized spacial score (nSPS) is 11.6. The molecule has 0 aromatic heterocycles. The zero-order valence-electron chi connectivity index (χ0n) is 9.26. The van der Waals surface area contributed by atoms with E-state index < -0.39 is 22.4 Å². The van der Waals surface area contributed by atoms with Crippen LogP contribution in [0.15, 0.2) is 16.6 Å². The molecule has 1 aromatic rings. The molecule has 0 unspecified atom stereocenters. The smallest absolute Gasteiger partial charge is 0.319 e. The highest BCUT2D eigenvalue weighted by Gasteiger charge is 2.28. The van der Waals surface area contributed by atoms with Crippen LogP contribution in [0.25, 0.3) is 0 Å². The average Bonchev–Trinajstić information content (AvgIpc) is 2.23. The zero-order valence-corrected chi connectivity index (χ0v) is 11.7. The predicted molar refractivity (Wildman–Crippen MR) is 67.1 cm³/mol. The van der Waals surface area contributed by atoms with E-state index in [1.54, 1.807) is 0 Å². The van der Waals surface area contributed by atoms with Crippen molar-refractivity contribution < 1.29 is 18.7 Å². The maximum Gasteiger partial charge on any atom is 0.319 e. The van der Waals surface area contributed by atoms with Gasteiger partial charge in [0.15, 0.2) is 0 Å². The number of thioether (sulfide) groups is 1. The lowest BCUT2D eigenvalue weighted by Gasteiger charge is -2.18. The first-order valence-electron chi connectivity index (χ1n) is 4.75. The molecule has 0 heterocycles. The van der Waals surface area contributed by atoms with Crippen molar-refractivity contribution >= 4 is 33.7 Å². The Morgan fingerprint density at radius 2 is 2.06 bits per heavy atom. The molecule has 0 atom stereocenters. The minimum absolute atomic E-state index is 0.0313. The molecule has 17 heavy (non-hydrogen) atoms. The minimum atomic E-state index is -1.08. The van der Waals surface area contributed by atoms with Gasteiger partial charge in [-0.1, -0.05) is 0 Å². The van der Waals surface area contributed by atoms with Crippen molar-refractivity contribution in [1.29, 1.82) is 0 Å². The van der Waals surface area contributed by atoms with Crippen molar-refractivity contribution in [3.63, 3.8) is 0 Å². The summed E-state index contributed by atoms with van der Waals surface area (Å²) in [6.45, 7) is 2.99. The van der Waals surface area contributed by atoms with E-state index >= 15 is 0 Å². The lowest BCUT2D eigenvalue weighted by molar-refractivity contribution is -0.138. The van der Waals surface area contributed by atoms with Crippen LogP contribution in [-0.4, -0.2) is 15.8 Å². The Hall–Kier alpha value is -0.620. The molecule has 0 saturated heterocycles. The van der Waals surface area contributed by atoms with E-state index in [9.17, 15) is 13.6 Å². The number of rotatable bonds is 4. The monoisotopic (exact) mass is 324 g/mol. The molecule has 1 rings (SSSR count). The summed E-state index contributed by atoms with van der Waals surface area (Å²) >= 11 is 3.94. The van der Waals surface area contributed by atoms with Gasteiger partial charge < -0.3 is 5.11 Å². The third-order valence-corrected chi connectivity index (χ3v) is 4.17. The van der Waals surface area contributed by atoms with Crippen LogP contribution in [-0.2, 0) is 10.5 Å². The molecule has 0 aliphatic heterocycles. The summed E-state index contributed by atoms with van der Waals surface area (Å²) in [6, 6.07) is 2.43. The van der Waals surface area contributed by atoms with Gasteiger partial charge in [0.05, 0.1) is 4.47 Å². The van der Waals surface area contributed by atoms with Gasteiger partial charge in [-0.3, -0.25) is 4.79 Å². The van der Waals surface area contributed by atoms with Crippen LogP contribution in [0.4, 0.5) is 8.78 Å². The second-order valence-electron chi connectivity index (χ2n) is 3.93. The average molecular weight is 325 g/mol. The third-order valence-electron chi connectivity index (χ3n) is 2.23. The summed E-state index contributed by atoms with van der Waals surface area (Å²) < 4.78 is 26.1. The Kier molecular flexibility index (Phi) is 4.55.